The van der Waals surface area contributed by atoms with Crippen molar-refractivity contribution in [2.24, 2.45) is 0 Å². The molecule has 0 fully saturated rings. The largest absolute Gasteiger partial charge is 0.352 e. The molecule has 0 aliphatic carbocycles. The van der Waals surface area contributed by atoms with Crippen LogP contribution in [-0.2, 0) is 26.2 Å². The van der Waals surface area contributed by atoms with Crippen LogP contribution in [0, 0.1) is 0 Å². The normalized spacial score (nSPS) is 12.3. The van der Waals surface area contributed by atoms with E-state index in [0.29, 0.717) is 16.6 Å². The first kappa shape index (κ1) is 25.9. The molecule has 0 aromatic heterocycles. The minimum atomic E-state index is -3.74. The van der Waals surface area contributed by atoms with Gasteiger partial charge in [-0.05, 0) is 44.0 Å². The fourth-order valence-corrected chi connectivity index (χ4v) is 4.55. The maximum Gasteiger partial charge on any atom is 0.244 e. The molecule has 0 saturated carbocycles. The predicted molar refractivity (Wildman–Crippen MR) is 131 cm³/mol. The van der Waals surface area contributed by atoms with Crippen LogP contribution in [0.4, 0.5) is 5.69 Å². The second kappa shape index (κ2) is 11.5. The van der Waals surface area contributed by atoms with Gasteiger partial charge in [0.15, 0.2) is 0 Å². The zero-order valence-electron chi connectivity index (χ0n) is 18.8. The fraction of sp³-hybridized carbons (Fsp3) is 0.391. The average Bonchev–Trinajstić information content (AvgIpc) is 2.71. The number of nitrogens with one attached hydrogen (secondary N) is 1. The van der Waals surface area contributed by atoms with Gasteiger partial charge >= 0.3 is 0 Å². The van der Waals surface area contributed by atoms with Crippen molar-refractivity contribution >= 4 is 43.5 Å². The lowest BCUT2D eigenvalue weighted by Crippen LogP contribution is -2.53. The number of rotatable bonds is 10. The van der Waals surface area contributed by atoms with Gasteiger partial charge < -0.3 is 10.2 Å². The number of hydrogen-bond acceptors (Lipinski definition) is 4. The van der Waals surface area contributed by atoms with Crippen molar-refractivity contribution < 1.29 is 18.0 Å². The molecule has 0 radical (unpaired) electrons. The molecule has 0 spiro atoms. The Labute approximate surface area is 199 Å². The standard InChI is InChI=1S/C23H30BrN3O4S/c1-5-21(23(29)25-17(2)3)26(15-18-10-7-6-8-11-18)22(28)16-27(32(4,30)31)20-13-9-12-19(24)14-20/h6-14,17,21H,5,15-16H2,1-4H3,(H,25,29)/t21-/m0/s1. The van der Waals surface area contributed by atoms with E-state index in [1.165, 1.54) is 4.90 Å². The van der Waals surface area contributed by atoms with Gasteiger partial charge in [-0.15, -0.1) is 0 Å². The van der Waals surface area contributed by atoms with E-state index in [0.717, 1.165) is 16.1 Å². The Morgan fingerprint density at radius 2 is 1.72 bits per heavy atom. The number of nitrogens with zero attached hydrogens (tertiary/aromatic N) is 2. The van der Waals surface area contributed by atoms with Crippen LogP contribution in [0.15, 0.2) is 59.1 Å². The highest BCUT2D eigenvalue weighted by Gasteiger charge is 2.31. The fourth-order valence-electron chi connectivity index (χ4n) is 3.33. The van der Waals surface area contributed by atoms with Crippen molar-refractivity contribution in [3.8, 4) is 0 Å². The average molecular weight is 524 g/mol. The van der Waals surface area contributed by atoms with Gasteiger partial charge in [0, 0.05) is 17.1 Å². The Kier molecular flexibility index (Phi) is 9.27. The van der Waals surface area contributed by atoms with Crippen molar-refractivity contribution in [1.29, 1.82) is 0 Å². The van der Waals surface area contributed by atoms with Gasteiger partial charge in [-0.2, -0.15) is 0 Å². The van der Waals surface area contributed by atoms with Crippen LogP contribution in [0.2, 0.25) is 0 Å². The van der Waals surface area contributed by atoms with Crippen molar-refractivity contribution in [3.63, 3.8) is 0 Å². The van der Waals surface area contributed by atoms with Crippen LogP contribution in [0.25, 0.3) is 0 Å². The van der Waals surface area contributed by atoms with Crippen LogP contribution in [0.3, 0.4) is 0 Å². The smallest absolute Gasteiger partial charge is 0.244 e. The Balaban J connectivity index is 2.41. The maximum atomic E-state index is 13.5. The van der Waals surface area contributed by atoms with E-state index in [4.69, 9.17) is 0 Å². The number of benzene rings is 2. The van der Waals surface area contributed by atoms with E-state index in [2.05, 4.69) is 21.2 Å². The molecule has 2 rings (SSSR count). The van der Waals surface area contributed by atoms with E-state index < -0.39 is 28.5 Å². The van der Waals surface area contributed by atoms with Gasteiger partial charge in [0.1, 0.15) is 12.6 Å². The third-order valence-corrected chi connectivity index (χ3v) is 6.42. The highest BCUT2D eigenvalue weighted by atomic mass is 79.9. The lowest BCUT2D eigenvalue weighted by molar-refractivity contribution is -0.140. The van der Waals surface area contributed by atoms with Crippen molar-refractivity contribution in [3.05, 3.63) is 64.6 Å². The van der Waals surface area contributed by atoms with E-state index in [1.807, 2.05) is 51.1 Å². The quantitative estimate of drug-likeness (QED) is 0.515. The minimum absolute atomic E-state index is 0.0839. The molecule has 9 heteroatoms. The zero-order chi connectivity index (χ0) is 23.9. The third kappa shape index (κ3) is 7.34. The highest BCUT2D eigenvalue weighted by Crippen LogP contribution is 2.23. The Hall–Kier alpha value is -2.39. The number of anilines is 1. The van der Waals surface area contributed by atoms with Crippen molar-refractivity contribution in [1.82, 2.24) is 10.2 Å². The van der Waals surface area contributed by atoms with E-state index in [1.54, 1.807) is 24.3 Å². The topological polar surface area (TPSA) is 86.8 Å². The van der Waals surface area contributed by atoms with Gasteiger partial charge in [0.2, 0.25) is 21.8 Å². The maximum absolute atomic E-state index is 13.5. The SMILES string of the molecule is CC[C@@H](C(=O)NC(C)C)N(Cc1ccccc1)C(=O)CN(c1cccc(Br)c1)S(C)(=O)=O. The molecular formula is C23H30BrN3O4S. The van der Waals surface area contributed by atoms with Crippen LogP contribution >= 0.6 is 15.9 Å². The van der Waals surface area contributed by atoms with Crippen molar-refractivity contribution in [2.45, 2.75) is 45.8 Å². The molecule has 0 unspecified atom stereocenters. The monoisotopic (exact) mass is 523 g/mol. The molecule has 0 saturated heterocycles. The predicted octanol–water partition coefficient (Wildman–Crippen LogP) is 3.55. The molecule has 174 valence electrons. The van der Waals surface area contributed by atoms with Crippen LogP contribution in [-0.4, -0.2) is 50.0 Å². The molecule has 0 aliphatic heterocycles. The molecule has 2 aromatic rings. The lowest BCUT2D eigenvalue weighted by atomic mass is 10.1. The Morgan fingerprint density at radius 1 is 1.06 bits per heavy atom. The number of halogens is 1. The van der Waals surface area contributed by atoms with Crippen LogP contribution in [0.1, 0.15) is 32.8 Å². The Bertz CT molecular complexity index is 1030. The summed E-state index contributed by atoms with van der Waals surface area (Å²) in [6, 6.07) is 15.3. The number of sulfonamides is 1. The van der Waals surface area contributed by atoms with Gasteiger partial charge in [0.05, 0.1) is 11.9 Å². The number of carbonyl (C=O) groups is 2. The van der Waals surface area contributed by atoms with Crippen LogP contribution in [0.5, 0.6) is 0 Å². The van der Waals surface area contributed by atoms with Crippen molar-refractivity contribution in [2.75, 3.05) is 17.1 Å². The van der Waals surface area contributed by atoms with E-state index in [9.17, 15) is 18.0 Å². The minimum Gasteiger partial charge on any atom is -0.352 e. The third-order valence-electron chi connectivity index (χ3n) is 4.79. The molecule has 1 N–H and O–H groups in total. The molecular weight excluding hydrogens is 494 g/mol. The zero-order valence-corrected chi connectivity index (χ0v) is 21.2. The molecule has 1 atom stereocenters. The van der Waals surface area contributed by atoms with Gasteiger partial charge in [-0.1, -0.05) is 59.3 Å². The summed E-state index contributed by atoms with van der Waals surface area (Å²) in [5.41, 5.74) is 1.22. The summed E-state index contributed by atoms with van der Waals surface area (Å²) < 4.78 is 26.8. The highest BCUT2D eigenvalue weighted by molar-refractivity contribution is 9.10. The summed E-state index contributed by atoms with van der Waals surface area (Å²) in [5.74, 6) is -0.717. The first-order valence-corrected chi connectivity index (χ1v) is 13.0. The molecule has 0 bridgehead atoms. The summed E-state index contributed by atoms with van der Waals surface area (Å²) >= 11 is 3.34. The summed E-state index contributed by atoms with van der Waals surface area (Å²) in [4.78, 5) is 27.8. The summed E-state index contributed by atoms with van der Waals surface area (Å²) in [5, 5.41) is 2.87. The summed E-state index contributed by atoms with van der Waals surface area (Å²) in [7, 11) is -3.74. The van der Waals surface area contributed by atoms with Gasteiger partial charge in [-0.3, -0.25) is 13.9 Å². The molecule has 2 aromatic carbocycles. The van der Waals surface area contributed by atoms with Gasteiger partial charge in [0.25, 0.3) is 0 Å². The molecule has 0 aliphatic rings. The molecule has 0 heterocycles. The summed E-state index contributed by atoms with van der Waals surface area (Å²) in [6.07, 6.45) is 1.46. The molecule has 7 nitrogen and oxygen atoms in total. The summed E-state index contributed by atoms with van der Waals surface area (Å²) in [6.45, 7) is 5.32. The second-order valence-electron chi connectivity index (χ2n) is 7.84. The number of amides is 2. The lowest BCUT2D eigenvalue weighted by Gasteiger charge is -2.33. The number of hydrogen-bond donors (Lipinski definition) is 1. The molecule has 32 heavy (non-hydrogen) atoms. The first-order valence-electron chi connectivity index (χ1n) is 10.4. The first-order chi connectivity index (χ1) is 15.0. The number of carbonyl (C=O) groups excluding carboxylic acids is 2. The van der Waals surface area contributed by atoms with E-state index in [-0.39, 0.29) is 18.5 Å². The van der Waals surface area contributed by atoms with Crippen LogP contribution < -0.4 is 9.62 Å². The Morgan fingerprint density at radius 3 is 2.25 bits per heavy atom. The second-order valence-corrected chi connectivity index (χ2v) is 10.7. The molecule has 2 amide bonds. The van der Waals surface area contributed by atoms with E-state index >= 15 is 0 Å². The van der Waals surface area contributed by atoms with Gasteiger partial charge in [-0.25, -0.2) is 8.42 Å².